The Morgan fingerprint density at radius 3 is 2.36 bits per heavy atom. The summed E-state index contributed by atoms with van der Waals surface area (Å²) in [5.41, 5.74) is 7.15. The summed E-state index contributed by atoms with van der Waals surface area (Å²) in [5, 5.41) is 15.6. The molecule has 1 aliphatic rings. The minimum atomic E-state index is -4.09. The number of fused-ring (bicyclic) bond motifs is 1. The number of phenols is 1. The van der Waals surface area contributed by atoms with Crippen LogP contribution in [0.1, 0.15) is 34.2 Å². The van der Waals surface area contributed by atoms with Gasteiger partial charge >= 0.3 is 10.3 Å². The van der Waals surface area contributed by atoms with Gasteiger partial charge in [0, 0.05) is 12.1 Å². The van der Waals surface area contributed by atoms with Gasteiger partial charge in [-0.15, -0.1) is 0 Å². The number of likely N-dealkylation sites (N-methyl/N-ethyl adjacent to an activating group) is 1. The fourth-order valence-electron chi connectivity index (χ4n) is 4.27. The first-order valence-electron chi connectivity index (χ1n) is 10.8. The Balaban J connectivity index is 1.82. The molecule has 0 fully saturated rings. The minimum Gasteiger partial charge on any atom is -0.507 e. The van der Waals surface area contributed by atoms with E-state index in [4.69, 9.17) is 9.32 Å². The molecule has 33 heavy (non-hydrogen) atoms. The highest BCUT2D eigenvalue weighted by molar-refractivity contribution is 7.84. The van der Waals surface area contributed by atoms with Crippen molar-refractivity contribution < 1.29 is 17.7 Å². The highest BCUT2D eigenvalue weighted by Crippen LogP contribution is 2.43. The molecule has 3 aromatic rings. The van der Waals surface area contributed by atoms with Crippen molar-refractivity contribution in [3.05, 3.63) is 94.5 Å². The monoisotopic (exact) mass is 464 g/mol. The van der Waals surface area contributed by atoms with E-state index in [2.05, 4.69) is 43.3 Å². The van der Waals surface area contributed by atoms with Crippen molar-refractivity contribution in [2.24, 2.45) is 5.14 Å². The lowest BCUT2D eigenvalue weighted by Crippen LogP contribution is -2.19. The number of allylic oxidation sites excluding steroid dienone is 1. The Bertz CT molecular complexity index is 1300. The molecule has 0 aromatic heterocycles. The summed E-state index contributed by atoms with van der Waals surface area (Å²) in [6.07, 6.45) is 2.34. The Kier molecular flexibility index (Phi) is 6.56. The van der Waals surface area contributed by atoms with Gasteiger partial charge in [-0.05, 0) is 85.0 Å². The van der Waals surface area contributed by atoms with Crippen molar-refractivity contribution in [1.82, 2.24) is 4.90 Å². The van der Waals surface area contributed by atoms with Crippen molar-refractivity contribution in [2.75, 3.05) is 20.6 Å². The quantitative estimate of drug-likeness (QED) is 0.552. The smallest absolute Gasteiger partial charge is 0.380 e. The number of phenolic OH excluding ortho intramolecular Hbond substituents is 1. The van der Waals surface area contributed by atoms with E-state index in [-0.39, 0.29) is 11.5 Å². The van der Waals surface area contributed by atoms with Crippen LogP contribution in [0, 0.1) is 0 Å². The second-order valence-corrected chi connectivity index (χ2v) is 9.67. The zero-order valence-electron chi connectivity index (χ0n) is 18.8. The van der Waals surface area contributed by atoms with Gasteiger partial charge in [0.05, 0.1) is 0 Å². The number of rotatable bonds is 7. The van der Waals surface area contributed by atoms with E-state index in [1.54, 1.807) is 18.2 Å². The first-order valence-corrected chi connectivity index (χ1v) is 12.3. The lowest BCUT2D eigenvalue weighted by atomic mass is 9.79. The number of para-hydroxylation sites is 1. The zero-order chi connectivity index (χ0) is 23.6. The van der Waals surface area contributed by atoms with E-state index in [1.807, 2.05) is 24.3 Å². The molecule has 0 radical (unpaired) electrons. The highest BCUT2D eigenvalue weighted by Gasteiger charge is 2.24. The minimum absolute atomic E-state index is 0.195. The van der Waals surface area contributed by atoms with Crippen LogP contribution in [0.5, 0.6) is 11.5 Å². The lowest BCUT2D eigenvalue weighted by molar-refractivity contribution is 0.413. The van der Waals surface area contributed by atoms with Gasteiger partial charge in [-0.2, -0.15) is 13.6 Å². The van der Waals surface area contributed by atoms with E-state index in [1.165, 1.54) is 5.56 Å². The summed E-state index contributed by atoms with van der Waals surface area (Å²) >= 11 is 0. The Morgan fingerprint density at radius 1 is 0.970 bits per heavy atom. The fraction of sp³-hybridized carbons (Fsp3) is 0.231. The second kappa shape index (κ2) is 9.39. The first kappa shape index (κ1) is 23.0. The molecule has 0 bridgehead atoms. The predicted octanol–water partition coefficient (Wildman–Crippen LogP) is 3.98. The average molecular weight is 465 g/mol. The molecule has 172 valence electrons. The molecule has 0 aliphatic heterocycles. The standard InChI is InChI=1S/C26H28N2O4S/c1-28(2)16-15-18-7-9-19(10-8-18)26-22-14-12-21(32-33(27,30)31)17-20(22)11-13-24(26)23-5-3-4-6-25(23)29/h3-10,12,14,17,29H,11,13,15-16H2,1-2H3,(H2,27,30,31). The Labute approximate surface area is 195 Å². The molecular weight excluding hydrogens is 436 g/mol. The van der Waals surface area contributed by atoms with Gasteiger partial charge in [0.25, 0.3) is 0 Å². The van der Waals surface area contributed by atoms with Gasteiger partial charge in [-0.1, -0.05) is 48.5 Å². The number of hydrogen-bond acceptors (Lipinski definition) is 5. The number of hydrogen-bond donors (Lipinski definition) is 2. The summed E-state index contributed by atoms with van der Waals surface area (Å²) in [6.45, 7) is 0.973. The number of aromatic hydroxyl groups is 1. The van der Waals surface area contributed by atoms with Crippen LogP contribution in [0.3, 0.4) is 0 Å². The third kappa shape index (κ3) is 5.45. The van der Waals surface area contributed by atoms with Crippen LogP contribution in [0.4, 0.5) is 0 Å². The van der Waals surface area contributed by atoms with Crippen LogP contribution in [0.2, 0.25) is 0 Å². The molecule has 7 heteroatoms. The second-order valence-electron chi connectivity index (χ2n) is 8.52. The van der Waals surface area contributed by atoms with Crippen molar-refractivity contribution >= 4 is 21.5 Å². The van der Waals surface area contributed by atoms with E-state index in [0.29, 0.717) is 12.8 Å². The van der Waals surface area contributed by atoms with E-state index in [0.717, 1.165) is 46.4 Å². The first-order chi connectivity index (χ1) is 15.7. The summed E-state index contributed by atoms with van der Waals surface area (Å²) in [4.78, 5) is 2.16. The lowest BCUT2D eigenvalue weighted by Gasteiger charge is -2.25. The third-order valence-corrected chi connectivity index (χ3v) is 6.25. The molecule has 0 amide bonds. The average Bonchev–Trinajstić information content (AvgIpc) is 2.76. The highest BCUT2D eigenvalue weighted by atomic mass is 32.2. The molecular formula is C26H28N2O4S. The SMILES string of the molecule is CN(C)CCc1ccc(C2=C(c3ccccc3O)CCc3cc(OS(N)(=O)=O)ccc32)cc1. The van der Waals surface area contributed by atoms with Crippen LogP contribution in [-0.2, 0) is 23.1 Å². The number of nitrogens with zero attached hydrogens (tertiary/aromatic N) is 1. The molecule has 0 unspecified atom stereocenters. The van der Waals surface area contributed by atoms with Crippen molar-refractivity contribution in [3.8, 4) is 11.5 Å². The molecule has 0 atom stereocenters. The van der Waals surface area contributed by atoms with Crippen LogP contribution < -0.4 is 9.32 Å². The maximum absolute atomic E-state index is 11.4. The zero-order valence-corrected chi connectivity index (χ0v) is 19.6. The predicted molar refractivity (Wildman–Crippen MR) is 131 cm³/mol. The van der Waals surface area contributed by atoms with Gasteiger partial charge in [-0.25, -0.2) is 0 Å². The van der Waals surface area contributed by atoms with Gasteiger partial charge in [0.15, 0.2) is 0 Å². The molecule has 3 N–H and O–H groups in total. The number of nitrogens with two attached hydrogens (primary N) is 1. The summed E-state index contributed by atoms with van der Waals surface area (Å²) in [7, 11) is 0.0266. The summed E-state index contributed by atoms with van der Waals surface area (Å²) in [5.74, 6) is 0.436. The topological polar surface area (TPSA) is 92.9 Å². The van der Waals surface area contributed by atoms with Gasteiger partial charge in [0.2, 0.25) is 0 Å². The maximum Gasteiger partial charge on any atom is 0.380 e. The molecule has 1 aliphatic carbocycles. The van der Waals surface area contributed by atoms with Gasteiger partial charge < -0.3 is 14.2 Å². The van der Waals surface area contributed by atoms with Crippen LogP contribution in [0.15, 0.2) is 66.7 Å². The van der Waals surface area contributed by atoms with Crippen LogP contribution >= 0.6 is 0 Å². The van der Waals surface area contributed by atoms with E-state index in [9.17, 15) is 13.5 Å². The Morgan fingerprint density at radius 2 is 1.70 bits per heavy atom. The van der Waals surface area contributed by atoms with E-state index < -0.39 is 10.3 Å². The van der Waals surface area contributed by atoms with Crippen LogP contribution in [-0.4, -0.2) is 39.1 Å². The van der Waals surface area contributed by atoms with E-state index >= 15 is 0 Å². The normalized spacial score (nSPS) is 13.8. The third-order valence-electron chi connectivity index (χ3n) is 5.82. The number of aryl methyl sites for hydroxylation is 1. The van der Waals surface area contributed by atoms with Crippen LogP contribution in [0.25, 0.3) is 11.1 Å². The largest absolute Gasteiger partial charge is 0.507 e. The molecule has 4 rings (SSSR count). The van der Waals surface area contributed by atoms with Gasteiger partial charge in [-0.3, -0.25) is 0 Å². The molecule has 3 aromatic carbocycles. The molecule has 0 saturated carbocycles. The fourth-order valence-corrected chi connectivity index (χ4v) is 4.64. The molecule has 0 saturated heterocycles. The van der Waals surface area contributed by atoms with Crippen molar-refractivity contribution in [3.63, 3.8) is 0 Å². The summed E-state index contributed by atoms with van der Waals surface area (Å²) < 4.78 is 27.6. The maximum atomic E-state index is 11.4. The molecule has 0 heterocycles. The van der Waals surface area contributed by atoms with Crippen molar-refractivity contribution in [2.45, 2.75) is 19.3 Å². The Hall–Kier alpha value is -3.13. The molecule has 0 spiro atoms. The van der Waals surface area contributed by atoms with Gasteiger partial charge in [0.1, 0.15) is 11.5 Å². The summed E-state index contributed by atoms with van der Waals surface area (Å²) in [6, 6.07) is 21.1. The number of benzene rings is 3. The van der Waals surface area contributed by atoms with Crippen molar-refractivity contribution in [1.29, 1.82) is 0 Å². The molecule has 6 nitrogen and oxygen atoms in total.